The Kier molecular flexibility index (Phi) is 6.31. The summed E-state index contributed by atoms with van der Waals surface area (Å²) >= 11 is 5.51. The minimum Gasteiger partial charge on any atom is -0.465 e. The Morgan fingerprint density at radius 1 is 1.35 bits per heavy atom. The fourth-order valence-corrected chi connectivity index (χ4v) is 4.46. The first-order valence-corrected chi connectivity index (χ1v) is 9.41. The monoisotopic (exact) mass is 453 g/mol. The number of anilines is 1. The fraction of sp³-hybridized carbons (Fsp3) is 0.125. The first-order chi connectivity index (χ1) is 12.3. The molecule has 3 N–H and O–H groups in total. The highest BCUT2D eigenvalue weighted by Gasteiger charge is 2.26. The summed E-state index contributed by atoms with van der Waals surface area (Å²) in [5, 5.41) is 11.9. The number of thiophene rings is 2. The molecule has 0 atom stereocenters. The van der Waals surface area contributed by atoms with Gasteiger partial charge in [0, 0.05) is 4.88 Å². The van der Waals surface area contributed by atoms with Crippen LogP contribution in [-0.2, 0) is 9.53 Å². The van der Waals surface area contributed by atoms with Crippen molar-refractivity contribution in [1.29, 1.82) is 5.26 Å². The number of nitriles is 1. The number of nitrogens with one attached hydrogen (secondary N) is 1. The van der Waals surface area contributed by atoms with Gasteiger partial charge in [-0.05, 0) is 46.6 Å². The van der Waals surface area contributed by atoms with Crippen LogP contribution < -0.4 is 11.1 Å². The molecule has 0 aromatic carbocycles. The Morgan fingerprint density at radius 2 is 2.04 bits per heavy atom. The molecule has 134 valence electrons. The van der Waals surface area contributed by atoms with E-state index in [1.165, 1.54) is 31.4 Å². The van der Waals surface area contributed by atoms with Crippen molar-refractivity contribution in [3.63, 3.8) is 0 Å². The van der Waals surface area contributed by atoms with Crippen LogP contribution in [0.3, 0.4) is 0 Å². The van der Waals surface area contributed by atoms with Crippen LogP contribution in [0.2, 0.25) is 0 Å². The van der Waals surface area contributed by atoms with Gasteiger partial charge in [0.15, 0.2) is 0 Å². The second kappa shape index (κ2) is 8.27. The zero-order chi connectivity index (χ0) is 19.4. The molecule has 0 fully saturated rings. The van der Waals surface area contributed by atoms with E-state index in [2.05, 4.69) is 21.2 Å². The van der Waals surface area contributed by atoms with Crippen LogP contribution in [0.5, 0.6) is 0 Å². The second-order valence-corrected chi connectivity index (χ2v) is 8.40. The summed E-state index contributed by atoms with van der Waals surface area (Å²) < 4.78 is 5.55. The van der Waals surface area contributed by atoms with E-state index in [0.29, 0.717) is 10.4 Å². The summed E-state index contributed by atoms with van der Waals surface area (Å²) in [5.41, 5.74) is 5.50. The zero-order valence-corrected chi connectivity index (χ0v) is 16.8. The van der Waals surface area contributed by atoms with E-state index >= 15 is 0 Å². The molecule has 0 spiro atoms. The van der Waals surface area contributed by atoms with Crippen LogP contribution in [0.15, 0.2) is 21.5 Å². The van der Waals surface area contributed by atoms with E-state index in [1.807, 2.05) is 6.07 Å². The Balaban J connectivity index is 2.40. The number of esters is 1. The van der Waals surface area contributed by atoms with Crippen molar-refractivity contribution in [3.05, 3.63) is 42.4 Å². The molecule has 26 heavy (non-hydrogen) atoms. The molecule has 2 aromatic rings. The molecule has 0 aliphatic heterocycles. The molecular weight excluding hydrogens is 442 g/mol. The quantitative estimate of drug-likeness (QED) is 0.408. The number of nitrogens with two attached hydrogens (primary N) is 1. The Hall–Kier alpha value is -2.48. The molecule has 0 saturated heterocycles. The first kappa shape index (κ1) is 19.8. The van der Waals surface area contributed by atoms with Crippen LogP contribution in [0.4, 0.5) is 5.00 Å². The van der Waals surface area contributed by atoms with E-state index in [0.717, 1.165) is 15.1 Å². The van der Waals surface area contributed by atoms with Crippen LogP contribution in [0.1, 0.15) is 30.5 Å². The predicted octanol–water partition coefficient (Wildman–Crippen LogP) is 3.31. The topological polar surface area (TPSA) is 122 Å². The van der Waals surface area contributed by atoms with Gasteiger partial charge in [-0.3, -0.25) is 9.59 Å². The van der Waals surface area contributed by atoms with Crippen molar-refractivity contribution in [2.45, 2.75) is 6.92 Å². The molecule has 2 rings (SSSR count). The van der Waals surface area contributed by atoms with Gasteiger partial charge in [-0.1, -0.05) is 0 Å². The lowest BCUT2D eigenvalue weighted by molar-refractivity contribution is -0.112. The van der Waals surface area contributed by atoms with Gasteiger partial charge in [-0.15, -0.1) is 22.7 Å². The number of hydrogen-bond acceptors (Lipinski definition) is 7. The number of methoxy groups -OCH3 is 1. The van der Waals surface area contributed by atoms with Crippen molar-refractivity contribution in [2.24, 2.45) is 5.73 Å². The zero-order valence-electron chi connectivity index (χ0n) is 13.6. The van der Waals surface area contributed by atoms with Crippen molar-refractivity contribution < 1.29 is 19.1 Å². The van der Waals surface area contributed by atoms with Crippen molar-refractivity contribution in [1.82, 2.24) is 0 Å². The summed E-state index contributed by atoms with van der Waals surface area (Å²) in [5.74, 6) is -2.15. The average molecular weight is 454 g/mol. The molecule has 2 heterocycles. The van der Waals surface area contributed by atoms with E-state index in [9.17, 15) is 19.6 Å². The van der Waals surface area contributed by atoms with Crippen LogP contribution in [0, 0.1) is 18.3 Å². The van der Waals surface area contributed by atoms with Gasteiger partial charge in [0.25, 0.3) is 11.8 Å². The average Bonchev–Trinajstić information content (AvgIpc) is 3.15. The second-order valence-electron chi connectivity index (χ2n) is 4.88. The molecular formula is C16H12BrN3O4S2. The highest BCUT2D eigenvalue weighted by molar-refractivity contribution is 9.11. The molecule has 10 heteroatoms. The number of amides is 2. The number of primary amides is 1. The van der Waals surface area contributed by atoms with Crippen LogP contribution in [0.25, 0.3) is 6.08 Å². The minimum absolute atomic E-state index is 0.0378. The molecule has 0 aliphatic carbocycles. The number of rotatable bonds is 5. The first-order valence-electron chi connectivity index (χ1n) is 6.98. The van der Waals surface area contributed by atoms with E-state index in [1.54, 1.807) is 12.1 Å². The summed E-state index contributed by atoms with van der Waals surface area (Å²) in [6.07, 6.45) is 1.43. The molecule has 2 aromatic heterocycles. The highest BCUT2D eigenvalue weighted by atomic mass is 79.9. The van der Waals surface area contributed by atoms with Gasteiger partial charge < -0.3 is 15.8 Å². The van der Waals surface area contributed by atoms with E-state index < -0.39 is 17.8 Å². The minimum atomic E-state index is -0.724. The third-order valence-corrected chi connectivity index (χ3v) is 6.03. The molecule has 0 aliphatic rings. The van der Waals surface area contributed by atoms with E-state index in [4.69, 9.17) is 10.5 Å². The lowest BCUT2D eigenvalue weighted by atomic mass is 10.1. The Bertz CT molecular complexity index is 969. The number of nitrogens with zero attached hydrogens (tertiary/aromatic N) is 1. The van der Waals surface area contributed by atoms with Crippen molar-refractivity contribution in [2.75, 3.05) is 12.4 Å². The summed E-state index contributed by atoms with van der Waals surface area (Å²) in [7, 11) is 1.18. The summed E-state index contributed by atoms with van der Waals surface area (Å²) in [6, 6.07) is 5.37. The third kappa shape index (κ3) is 4.19. The van der Waals surface area contributed by atoms with Crippen LogP contribution in [-0.4, -0.2) is 24.9 Å². The number of carbonyl (C=O) groups is 3. The lowest BCUT2D eigenvalue weighted by Gasteiger charge is -2.05. The molecule has 7 nitrogen and oxygen atoms in total. The van der Waals surface area contributed by atoms with Gasteiger partial charge in [0.2, 0.25) is 0 Å². The smallest absolute Gasteiger partial charge is 0.341 e. The largest absolute Gasteiger partial charge is 0.465 e. The maximum Gasteiger partial charge on any atom is 0.341 e. The lowest BCUT2D eigenvalue weighted by Crippen LogP contribution is -2.15. The fourth-order valence-electron chi connectivity index (χ4n) is 2.05. The predicted molar refractivity (Wildman–Crippen MR) is 103 cm³/mol. The van der Waals surface area contributed by atoms with Gasteiger partial charge in [-0.25, -0.2) is 4.79 Å². The number of halogens is 1. The Labute approximate surface area is 165 Å². The molecule has 2 amide bonds. The maximum atomic E-state index is 12.4. The van der Waals surface area contributed by atoms with E-state index in [-0.39, 0.29) is 21.0 Å². The molecule has 0 saturated carbocycles. The highest BCUT2D eigenvalue weighted by Crippen LogP contribution is 2.34. The van der Waals surface area contributed by atoms with Crippen molar-refractivity contribution >= 4 is 67.5 Å². The van der Waals surface area contributed by atoms with Crippen molar-refractivity contribution in [3.8, 4) is 6.07 Å². The normalized spacial score (nSPS) is 10.9. The molecule has 0 unspecified atom stereocenters. The number of carbonyl (C=O) groups excluding carboxylic acids is 3. The summed E-state index contributed by atoms with van der Waals surface area (Å²) in [4.78, 5) is 36.8. The molecule has 0 radical (unpaired) electrons. The standard InChI is InChI=1S/C16H12BrN3O4S2/c1-7-11(16(23)24-2)15(26-12(7)13(19)21)20-14(22)8(6-18)5-9-3-4-10(17)25-9/h3-5H,1-2H3,(H2,19,21)(H,20,22)/b8-5+. The Morgan fingerprint density at radius 3 is 2.54 bits per heavy atom. The van der Waals surface area contributed by atoms with Gasteiger partial charge in [0.05, 0.1) is 21.3 Å². The number of hydrogen-bond donors (Lipinski definition) is 2. The van der Waals surface area contributed by atoms with Gasteiger partial charge >= 0.3 is 5.97 Å². The SMILES string of the molecule is COC(=O)c1c(NC(=O)/C(C#N)=C/c2ccc(Br)s2)sc(C(N)=O)c1C. The maximum absolute atomic E-state index is 12.4. The summed E-state index contributed by atoms with van der Waals surface area (Å²) in [6.45, 7) is 1.53. The molecule has 0 bridgehead atoms. The van der Waals surface area contributed by atoms with Crippen LogP contribution >= 0.6 is 38.6 Å². The van der Waals surface area contributed by atoms with Gasteiger partial charge in [-0.2, -0.15) is 5.26 Å². The van der Waals surface area contributed by atoms with Gasteiger partial charge in [0.1, 0.15) is 16.6 Å². The third-order valence-electron chi connectivity index (χ3n) is 3.23. The number of ether oxygens (including phenoxy) is 1.